The maximum absolute atomic E-state index is 12.9. The van der Waals surface area contributed by atoms with Crippen LogP contribution in [0.25, 0.3) is 0 Å². The quantitative estimate of drug-likeness (QED) is 0.852. The van der Waals surface area contributed by atoms with Crippen molar-refractivity contribution < 1.29 is 14.7 Å². The van der Waals surface area contributed by atoms with Crippen LogP contribution < -0.4 is 0 Å². The number of piperidine rings is 1. The van der Waals surface area contributed by atoms with Crippen molar-refractivity contribution >= 4 is 11.9 Å². The maximum atomic E-state index is 12.9. The average molecular weight is 337 g/mol. The number of aliphatic hydroxyl groups is 1. The van der Waals surface area contributed by atoms with Gasteiger partial charge >= 0.3 is 6.03 Å². The van der Waals surface area contributed by atoms with Crippen LogP contribution in [0.1, 0.15) is 51.9 Å². The smallest absolute Gasteiger partial charge is 0.319 e. The van der Waals surface area contributed by atoms with E-state index in [4.69, 9.17) is 0 Å². The summed E-state index contributed by atoms with van der Waals surface area (Å²) in [6, 6.07) is 0.355. The number of carbonyl (C=O) groups excluding carboxylic acids is 2. The molecule has 1 N–H and O–H groups in total. The number of hydrogen-bond acceptors (Lipinski definition) is 3. The second-order valence-electron chi connectivity index (χ2n) is 7.65. The molecule has 0 spiro atoms. The zero-order valence-corrected chi connectivity index (χ0v) is 14.8. The first-order valence-corrected chi connectivity index (χ1v) is 9.58. The van der Waals surface area contributed by atoms with Crippen molar-refractivity contribution in [3.05, 3.63) is 0 Å². The first-order valence-electron chi connectivity index (χ1n) is 9.58. The van der Waals surface area contributed by atoms with Gasteiger partial charge in [-0.1, -0.05) is 0 Å². The summed E-state index contributed by atoms with van der Waals surface area (Å²) < 4.78 is 0. The van der Waals surface area contributed by atoms with E-state index in [1.807, 2.05) is 14.7 Å². The lowest BCUT2D eigenvalue weighted by Gasteiger charge is -2.36. The van der Waals surface area contributed by atoms with E-state index in [0.29, 0.717) is 19.5 Å². The van der Waals surface area contributed by atoms with Gasteiger partial charge < -0.3 is 19.8 Å². The summed E-state index contributed by atoms with van der Waals surface area (Å²) in [6.45, 7) is 5.77. The van der Waals surface area contributed by atoms with Crippen LogP contribution in [0.15, 0.2) is 0 Å². The Kier molecular flexibility index (Phi) is 5.64. The zero-order chi connectivity index (χ0) is 17.1. The van der Waals surface area contributed by atoms with Crippen LogP contribution in [0.5, 0.6) is 0 Å². The zero-order valence-electron chi connectivity index (χ0n) is 14.8. The molecule has 0 saturated carbocycles. The third kappa shape index (κ3) is 3.85. The largest absolute Gasteiger partial charge is 0.393 e. The molecule has 3 aliphatic rings. The van der Waals surface area contributed by atoms with Crippen molar-refractivity contribution in [3.8, 4) is 0 Å². The summed E-state index contributed by atoms with van der Waals surface area (Å²) in [5, 5.41) is 9.64. The standard InChI is InChI=1S/C18H31N3O3/c1-14(22)13-16-5-4-10-21(16)17(23)15-6-11-20(12-7-15)18(24)19-8-2-3-9-19/h14-16,22H,2-13H2,1H3/t14-,16-/m1/s1. The molecule has 0 radical (unpaired) electrons. The fourth-order valence-corrected chi connectivity index (χ4v) is 4.43. The Labute approximate surface area is 144 Å². The number of carbonyl (C=O) groups is 2. The molecular weight excluding hydrogens is 306 g/mol. The molecular formula is C18H31N3O3. The molecule has 3 heterocycles. The fourth-order valence-electron chi connectivity index (χ4n) is 4.43. The third-order valence-corrected chi connectivity index (χ3v) is 5.76. The normalized spacial score (nSPS) is 26.9. The highest BCUT2D eigenvalue weighted by Gasteiger charge is 2.36. The summed E-state index contributed by atoms with van der Waals surface area (Å²) in [4.78, 5) is 31.2. The van der Waals surface area contributed by atoms with Gasteiger partial charge in [-0.3, -0.25) is 4.79 Å². The molecule has 6 heteroatoms. The van der Waals surface area contributed by atoms with Crippen molar-refractivity contribution in [1.82, 2.24) is 14.7 Å². The molecule has 136 valence electrons. The van der Waals surface area contributed by atoms with Gasteiger partial charge in [0.2, 0.25) is 5.91 Å². The van der Waals surface area contributed by atoms with E-state index in [1.54, 1.807) is 6.92 Å². The van der Waals surface area contributed by atoms with Gasteiger partial charge in [-0.05, 0) is 51.9 Å². The number of rotatable bonds is 3. The number of hydrogen-bond donors (Lipinski definition) is 1. The van der Waals surface area contributed by atoms with Crippen molar-refractivity contribution in [2.24, 2.45) is 5.92 Å². The van der Waals surface area contributed by atoms with E-state index in [-0.39, 0.29) is 30.0 Å². The number of likely N-dealkylation sites (tertiary alicyclic amines) is 3. The second kappa shape index (κ2) is 7.72. The van der Waals surface area contributed by atoms with E-state index >= 15 is 0 Å². The number of aliphatic hydroxyl groups excluding tert-OH is 1. The predicted octanol–water partition coefficient (Wildman–Crippen LogP) is 1.68. The average Bonchev–Trinajstić information content (AvgIpc) is 3.25. The molecule has 3 saturated heterocycles. The highest BCUT2D eigenvalue weighted by molar-refractivity contribution is 5.80. The highest BCUT2D eigenvalue weighted by Crippen LogP contribution is 2.28. The molecule has 3 fully saturated rings. The van der Waals surface area contributed by atoms with Gasteiger partial charge in [0.05, 0.1) is 6.10 Å². The molecule has 6 nitrogen and oxygen atoms in total. The molecule has 3 rings (SSSR count). The van der Waals surface area contributed by atoms with Crippen LogP contribution in [0.4, 0.5) is 4.79 Å². The molecule has 3 amide bonds. The fraction of sp³-hybridized carbons (Fsp3) is 0.889. The minimum atomic E-state index is -0.358. The van der Waals surface area contributed by atoms with Crippen LogP contribution in [0.3, 0.4) is 0 Å². The van der Waals surface area contributed by atoms with Gasteiger partial charge in [0.15, 0.2) is 0 Å². The summed E-state index contributed by atoms with van der Waals surface area (Å²) in [5.41, 5.74) is 0. The van der Waals surface area contributed by atoms with Gasteiger partial charge in [-0.2, -0.15) is 0 Å². The molecule has 2 atom stereocenters. The van der Waals surface area contributed by atoms with Crippen LogP contribution >= 0.6 is 0 Å². The summed E-state index contributed by atoms with van der Waals surface area (Å²) in [7, 11) is 0. The van der Waals surface area contributed by atoms with Gasteiger partial charge in [0.1, 0.15) is 0 Å². The van der Waals surface area contributed by atoms with Gasteiger partial charge in [0.25, 0.3) is 0 Å². The third-order valence-electron chi connectivity index (χ3n) is 5.76. The number of urea groups is 1. The lowest BCUT2D eigenvalue weighted by molar-refractivity contribution is -0.138. The highest BCUT2D eigenvalue weighted by atomic mass is 16.3. The Morgan fingerprint density at radius 2 is 1.58 bits per heavy atom. The van der Waals surface area contributed by atoms with Crippen molar-refractivity contribution in [3.63, 3.8) is 0 Å². The molecule has 0 unspecified atom stereocenters. The van der Waals surface area contributed by atoms with Crippen LogP contribution in [-0.2, 0) is 4.79 Å². The minimum absolute atomic E-state index is 0.0437. The Hall–Kier alpha value is -1.30. The van der Waals surface area contributed by atoms with E-state index < -0.39 is 0 Å². The molecule has 0 aromatic heterocycles. The lowest BCUT2D eigenvalue weighted by Crippen LogP contribution is -2.49. The summed E-state index contributed by atoms with van der Waals surface area (Å²) >= 11 is 0. The molecule has 0 aromatic carbocycles. The second-order valence-corrected chi connectivity index (χ2v) is 7.65. The van der Waals surface area contributed by atoms with Crippen molar-refractivity contribution in [2.45, 2.75) is 64.0 Å². The monoisotopic (exact) mass is 337 g/mol. The number of amides is 3. The van der Waals surface area contributed by atoms with Crippen LogP contribution in [-0.4, -0.2) is 76.6 Å². The van der Waals surface area contributed by atoms with Crippen molar-refractivity contribution in [1.29, 1.82) is 0 Å². The van der Waals surface area contributed by atoms with E-state index in [1.165, 1.54) is 0 Å². The number of nitrogens with zero attached hydrogens (tertiary/aromatic N) is 3. The van der Waals surface area contributed by atoms with Gasteiger partial charge in [0, 0.05) is 44.7 Å². The first-order chi connectivity index (χ1) is 11.6. The van der Waals surface area contributed by atoms with Gasteiger partial charge in [-0.25, -0.2) is 4.79 Å². The minimum Gasteiger partial charge on any atom is -0.393 e. The van der Waals surface area contributed by atoms with Crippen molar-refractivity contribution in [2.75, 3.05) is 32.7 Å². The molecule has 24 heavy (non-hydrogen) atoms. The Morgan fingerprint density at radius 1 is 0.958 bits per heavy atom. The first kappa shape index (κ1) is 17.5. The summed E-state index contributed by atoms with van der Waals surface area (Å²) in [6.07, 6.45) is 6.13. The van der Waals surface area contributed by atoms with Gasteiger partial charge in [-0.15, -0.1) is 0 Å². The van der Waals surface area contributed by atoms with E-state index in [9.17, 15) is 14.7 Å². The SMILES string of the molecule is C[C@@H](O)C[C@H]1CCCN1C(=O)C1CCN(C(=O)N2CCCC2)CC1. The summed E-state index contributed by atoms with van der Waals surface area (Å²) in [5.74, 6) is 0.286. The van der Waals surface area contributed by atoms with E-state index in [0.717, 1.165) is 58.2 Å². The maximum Gasteiger partial charge on any atom is 0.319 e. The topological polar surface area (TPSA) is 64.1 Å². The van der Waals surface area contributed by atoms with Crippen LogP contribution in [0.2, 0.25) is 0 Å². The van der Waals surface area contributed by atoms with E-state index in [2.05, 4.69) is 0 Å². The lowest BCUT2D eigenvalue weighted by atomic mass is 9.94. The predicted molar refractivity (Wildman–Crippen MR) is 91.5 cm³/mol. The molecule has 0 aromatic rings. The molecule has 0 aliphatic carbocycles. The Morgan fingerprint density at radius 3 is 2.21 bits per heavy atom. The molecule has 0 bridgehead atoms. The van der Waals surface area contributed by atoms with Crippen LogP contribution in [0, 0.1) is 5.92 Å². The Balaban J connectivity index is 1.50. The molecule has 3 aliphatic heterocycles. The Bertz CT molecular complexity index is 454.